The zero-order valence-electron chi connectivity index (χ0n) is 21.2. The Bertz CT molecular complexity index is 2080. The molecule has 0 amide bonds. The molecule has 0 aliphatic carbocycles. The number of halogens is 4. The van der Waals surface area contributed by atoms with Crippen LogP contribution in [0.25, 0.3) is 32.2 Å². The number of nitriles is 1. The van der Waals surface area contributed by atoms with Gasteiger partial charge in [-0.25, -0.2) is 9.78 Å². The van der Waals surface area contributed by atoms with E-state index in [1.807, 2.05) is 6.07 Å². The molecule has 41 heavy (non-hydrogen) atoms. The van der Waals surface area contributed by atoms with E-state index in [0.717, 1.165) is 6.07 Å². The van der Waals surface area contributed by atoms with Crippen molar-refractivity contribution in [3.63, 3.8) is 0 Å². The molecule has 3 heterocycles. The van der Waals surface area contributed by atoms with Gasteiger partial charge in [-0.2, -0.15) is 18.4 Å². The van der Waals surface area contributed by atoms with E-state index in [2.05, 4.69) is 21.8 Å². The predicted octanol–water partition coefficient (Wildman–Crippen LogP) is 6.58. The number of benzene rings is 2. The van der Waals surface area contributed by atoms with Crippen LogP contribution in [0.2, 0.25) is 5.02 Å². The first kappa shape index (κ1) is 27.8. The Morgan fingerprint density at radius 3 is 2.56 bits per heavy atom. The number of carbonyl (C=O) groups is 1. The summed E-state index contributed by atoms with van der Waals surface area (Å²) in [4.78, 5) is 33.5. The highest BCUT2D eigenvalue weighted by Gasteiger charge is 2.32. The Labute approximate surface area is 239 Å². The molecule has 204 valence electrons. The molecule has 12 heteroatoms. The van der Waals surface area contributed by atoms with Crippen LogP contribution < -0.4 is 5.56 Å². The Morgan fingerprint density at radius 2 is 1.88 bits per heavy atom. The van der Waals surface area contributed by atoms with Gasteiger partial charge in [-0.1, -0.05) is 23.4 Å². The number of hydrogen-bond acceptors (Lipinski definition) is 6. The molecule has 5 rings (SSSR count). The van der Waals surface area contributed by atoms with Crippen molar-refractivity contribution in [3.05, 3.63) is 90.9 Å². The lowest BCUT2D eigenvalue weighted by atomic mass is 9.99. The van der Waals surface area contributed by atoms with Gasteiger partial charge in [0.15, 0.2) is 0 Å². The summed E-state index contributed by atoms with van der Waals surface area (Å²) in [6.07, 6.45) is -4.71. The first-order valence-corrected chi connectivity index (χ1v) is 13.1. The first-order chi connectivity index (χ1) is 19.4. The maximum absolute atomic E-state index is 13.3. The summed E-state index contributed by atoms with van der Waals surface area (Å²) in [6.45, 7) is 3.06. The van der Waals surface area contributed by atoms with Crippen LogP contribution in [0.3, 0.4) is 0 Å². The number of alkyl halides is 3. The number of aryl methyl sites for hydroxylation is 2. The van der Waals surface area contributed by atoms with Crippen LogP contribution in [0.4, 0.5) is 13.2 Å². The minimum atomic E-state index is -4.71. The maximum Gasteiger partial charge on any atom is 0.416 e. The summed E-state index contributed by atoms with van der Waals surface area (Å²) >= 11 is 7.54. The summed E-state index contributed by atoms with van der Waals surface area (Å²) in [7, 11) is 0. The van der Waals surface area contributed by atoms with E-state index in [0.29, 0.717) is 43.7 Å². The highest BCUT2D eigenvalue weighted by atomic mass is 35.5. The summed E-state index contributed by atoms with van der Waals surface area (Å²) in [5, 5.41) is 20.7. The molecule has 2 aromatic carbocycles. The molecule has 5 aromatic rings. The number of nitrogens with zero attached hydrogens (tertiary/aromatic N) is 4. The van der Waals surface area contributed by atoms with Crippen molar-refractivity contribution < 1.29 is 23.1 Å². The third-order valence-electron chi connectivity index (χ3n) is 6.31. The van der Waals surface area contributed by atoms with E-state index in [-0.39, 0.29) is 28.8 Å². The Hall–Kier alpha value is -4.71. The van der Waals surface area contributed by atoms with Crippen molar-refractivity contribution in [3.8, 4) is 29.0 Å². The van der Waals surface area contributed by atoms with E-state index >= 15 is 0 Å². The molecule has 0 bridgehead atoms. The second kappa shape index (κ2) is 10.4. The van der Waals surface area contributed by atoms with Crippen LogP contribution >= 0.6 is 22.9 Å². The normalized spacial score (nSPS) is 11.3. The van der Waals surface area contributed by atoms with Crippen LogP contribution in [0, 0.1) is 37.0 Å². The molecular formula is C29H16ClF3N4O3S. The molecule has 0 spiro atoms. The van der Waals surface area contributed by atoms with Gasteiger partial charge in [-0.3, -0.25) is 14.3 Å². The van der Waals surface area contributed by atoms with E-state index in [1.165, 1.54) is 28.2 Å². The molecule has 0 unspecified atom stereocenters. The minimum absolute atomic E-state index is 0.0855. The number of aromatic carboxylic acids is 1. The molecule has 0 saturated heterocycles. The summed E-state index contributed by atoms with van der Waals surface area (Å²) < 4.78 is 41.7. The third-order valence-corrected chi connectivity index (χ3v) is 7.55. The van der Waals surface area contributed by atoms with Crippen molar-refractivity contribution in [2.45, 2.75) is 26.6 Å². The fourth-order valence-electron chi connectivity index (χ4n) is 4.45. The van der Waals surface area contributed by atoms with Gasteiger partial charge in [0.05, 0.1) is 44.4 Å². The molecule has 0 aliphatic heterocycles. The largest absolute Gasteiger partial charge is 0.478 e. The molecule has 7 nitrogen and oxygen atoms in total. The summed E-state index contributed by atoms with van der Waals surface area (Å²) in [6, 6.07) is 9.89. The topological polar surface area (TPSA) is 109 Å². The van der Waals surface area contributed by atoms with Crippen LogP contribution in [-0.4, -0.2) is 25.6 Å². The molecule has 1 N–H and O–H groups in total. The second-order valence-corrected chi connectivity index (χ2v) is 10.3. The van der Waals surface area contributed by atoms with Crippen LogP contribution in [0.1, 0.15) is 38.6 Å². The van der Waals surface area contributed by atoms with Gasteiger partial charge < -0.3 is 5.11 Å². The van der Waals surface area contributed by atoms with Gasteiger partial charge in [0.25, 0.3) is 5.56 Å². The number of aromatic nitrogens is 3. The van der Waals surface area contributed by atoms with Gasteiger partial charge >= 0.3 is 12.1 Å². The van der Waals surface area contributed by atoms with E-state index in [1.54, 1.807) is 31.2 Å². The number of carboxylic acid groups (broad SMARTS) is 1. The Morgan fingerprint density at radius 1 is 1.12 bits per heavy atom. The standard InChI is InChI=1S/C29H16ClF3N4O3S/c1-14-8-21(26-25(35-14)22(13-41-26)28(39)40)20-11-19(30)6-5-16(20)4-3-7-37-15(2)36-23-10-18(29(31,32)33)9-17(12-34)24(23)27(37)38/h5-6,8-11,13H,7H2,1-2H3,(H,39,40). The van der Waals surface area contributed by atoms with Crippen molar-refractivity contribution in [2.24, 2.45) is 0 Å². The van der Waals surface area contributed by atoms with Crippen LogP contribution in [-0.2, 0) is 12.7 Å². The van der Waals surface area contributed by atoms with Crippen LogP contribution in [0.15, 0.2) is 46.6 Å². The molecule has 0 radical (unpaired) electrons. The third kappa shape index (κ3) is 5.13. The van der Waals surface area contributed by atoms with Gasteiger partial charge in [0.1, 0.15) is 11.9 Å². The Kier molecular flexibility index (Phi) is 7.03. The number of rotatable bonds is 3. The number of pyridine rings is 1. The van der Waals surface area contributed by atoms with Gasteiger partial charge in [0, 0.05) is 32.8 Å². The molecule has 0 fully saturated rings. The highest BCUT2D eigenvalue weighted by Crippen LogP contribution is 2.37. The highest BCUT2D eigenvalue weighted by molar-refractivity contribution is 7.18. The average molecular weight is 593 g/mol. The molecule has 3 aromatic heterocycles. The molecule has 0 saturated carbocycles. The molecule has 0 aliphatic rings. The zero-order valence-corrected chi connectivity index (χ0v) is 22.8. The monoisotopic (exact) mass is 592 g/mol. The number of carboxylic acids is 1. The zero-order chi connectivity index (χ0) is 29.6. The fraction of sp³-hybridized carbons (Fsp3) is 0.138. The summed E-state index contributed by atoms with van der Waals surface area (Å²) in [5.41, 5.74) is 0.488. The predicted molar refractivity (Wildman–Crippen MR) is 149 cm³/mol. The minimum Gasteiger partial charge on any atom is -0.478 e. The lowest BCUT2D eigenvalue weighted by Crippen LogP contribution is -2.24. The van der Waals surface area contributed by atoms with E-state index in [4.69, 9.17) is 11.6 Å². The number of thiophene rings is 1. The maximum atomic E-state index is 13.3. The molecule has 0 atom stereocenters. The van der Waals surface area contributed by atoms with Crippen molar-refractivity contribution in [1.82, 2.24) is 14.5 Å². The smallest absolute Gasteiger partial charge is 0.416 e. The van der Waals surface area contributed by atoms with Crippen molar-refractivity contribution >= 4 is 50.0 Å². The second-order valence-electron chi connectivity index (χ2n) is 9.01. The Balaban J connectivity index is 1.61. The van der Waals surface area contributed by atoms with Crippen molar-refractivity contribution in [1.29, 1.82) is 5.26 Å². The van der Waals surface area contributed by atoms with Crippen LogP contribution in [0.5, 0.6) is 0 Å². The van der Waals surface area contributed by atoms with Crippen molar-refractivity contribution in [2.75, 3.05) is 0 Å². The van der Waals surface area contributed by atoms with Gasteiger partial charge in [-0.05, 0) is 50.2 Å². The van der Waals surface area contributed by atoms with Gasteiger partial charge in [0.2, 0.25) is 0 Å². The van der Waals surface area contributed by atoms with E-state index < -0.39 is 28.8 Å². The quantitative estimate of drug-likeness (QED) is 0.237. The SMILES string of the molecule is Cc1cc(-c2cc(Cl)ccc2C#CCn2c(C)nc3cc(C(F)(F)F)cc(C#N)c3c2=O)c2scc(C(=O)O)c2n1. The first-order valence-electron chi connectivity index (χ1n) is 11.8. The average Bonchev–Trinajstić information content (AvgIpc) is 3.33. The molecular weight excluding hydrogens is 577 g/mol. The van der Waals surface area contributed by atoms with Gasteiger partial charge in [-0.15, -0.1) is 11.3 Å². The summed E-state index contributed by atoms with van der Waals surface area (Å²) in [5.74, 6) is 4.97. The van der Waals surface area contributed by atoms with E-state index in [9.17, 15) is 33.1 Å². The lowest BCUT2D eigenvalue weighted by molar-refractivity contribution is -0.137. The number of fused-ring (bicyclic) bond motifs is 2. The lowest BCUT2D eigenvalue weighted by Gasteiger charge is -2.12. The number of hydrogen-bond donors (Lipinski definition) is 1. The fourth-order valence-corrected chi connectivity index (χ4v) is 5.63.